The summed E-state index contributed by atoms with van der Waals surface area (Å²) in [7, 11) is -2.30. The number of hydrogen-bond acceptors (Lipinski definition) is 6. The van der Waals surface area contributed by atoms with Gasteiger partial charge in [-0.2, -0.15) is 0 Å². The molecule has 1 fully saturated rings. The summed E-state index contributed by atoms with van der Waals surface area (Å²) < 4.78 is 32.0. The van der Waals surface area contributed by atoms with Crippen LogP contribution in [-0.2, 0) is 15.6 Å². The number of benzene rings is 2. The van der Waals surface area contributed by atoms with Crippen molar-refractivity contribution in [3.63, 3.8) is 0 Å². The van der Waals surface area contributed by atoms with Gasteiger partial charge in [0.15, 0.2) is 5.58 Å². The zero-order chi connectivity index (χ0) is 21.7. The lowest BCUT2D eigenvalue weighted by Crippen LogP contribution is -2.60. The van der Waals surface area contributed by atoms with E-state index >= 15 is 0 Å². The number of guanidine groups is 1. The average Bonchev–Trinajstić information content (AvgIpc) is 3.09. The fraction of sp³-hybridized carbons (Fsp3) is 0.211. The monoisotopic (exact) mass is 491 g/mol. The second kappa shape index (κ2) is 7.10. The summed E-state index contributed by atoms with van der Waals surface area (Å²) in [5.74, 6) is -1.05. The molecule has 11 heteroatoms. The van der Waals surface area contributed by atoms with Gasteiger partial charge in [-0.1, -0.05) is 28.1 Å². The van der Waals surface area contributed by atoms with Gasteiger partial charge in [0.1, 0.15) is 5.52 Å². The van der Waals surface area contributed by atoms with Crippen LogP contribution in [0.5, 0.6) is 0 Å². The van der Waals surface area contributed by atoms with Crippen LogP contribution in [0, 0.1) is 5.41 Å². The van der Waals surface area contributed by atoms with Gasteiger partial charge < -0.3 is 15.1 Å². The third-order valence-corrected chi connectivity index (χ3v) is 7.35. The quantitative estimate of drug-likeness (QED) is 0.516. The van der Waals surface area contributed by atoms with Crippen molar-refractivity contribution in [2.24, 2.45) is 0 Å². The van der Waals surface area contributed by atoms with Gasteiger partial charge in [-0.05, 0) is 42.8 Å². The molecule has 2 heterocycles. The molecule has 0 aliphatic carbocycles. The molecule has 1 aromatic heterocycles. The van der Waals surface area contributed by atoms with E-state index in [1.54, 1.807) is 49.4 Å². The Kier molecular flexibility index (Phi) is 4.82. The van der Waals surface area contributed by atoms with Crippen molar-refractivity contribution in [1.82, 2.24) is 14.6 Å². The zero-order valence-electron chi connectivity index (χ0n) is 16.1. The van der Waals surface area contributed by atoms with Gasteiger partial charge in [0, 0.05) is 17.2 Å². The zero-order valence-corrected chi connectivity index (χ0v) is 18.5. The molecule has 30 heavy (non-hydrogen) atoms. The number of nitrogens with one attached hydrogen (secondary N) is 3. The molecule has 0 spiro atoms. The summed E-state index contributed by atoms with van der Waals surface area (Å²) in [6.07, 6.45) is 0. The third-order valence-electron chi connectivity index (χ3n) is 4.90. The second-order valence-electron chi connectivity index (χ2n) is 7.20. The van der Waals surface area contributed by atoms with E-state index in [0.29, 0.717) is 22.4 Å². The van der Waals surface area contributed by atoms with Crippen molar-refractivity contribution in [2.45, 2.75) is 12.5 Å². The molecular formula is C19H18BrN5O4S. The van der Waals surface area contributed by atoms with E-state index in [1.165, 1.54) is 7.05 Å². The third kappa shape index (κ3) is 3.65. The topological polar surface area (TPSA) is 128 Å². The molecule has 1 aliphatic heterocycles. The Hall–Kier alpha value is -2.92. The molecule has 1 unspecified atom stereocenters. The predicted molar refractivity (Wildman–Crippen MR) is 116 cm³/mol. The van der Waals surface area contributed by atoms with Crippen LogP contribution in [0.15, 0.2) is 51.4 Å². The molecule has 1 atom stereocenters. The Morgan fingerprint density at radius 3 is 2.83 bits per heavy atom. The van der Waals surface area contributed by atoms with Crippen molar-refractivity contribution < 1.29 is 17.6 Å². The fourth-order valence-electron chi connectivity index (χ4n) is 3.25. The Morgan fingerprint density at radius 1 is 1.33 bits per heavy atom. The first kappa shape index (κ1) is 20.4. The smallest absolute Gasteiger partial charge is 0.311 e. The van der Waals surface area contributed by atoms with Crippen molar-refractivity contribution in [3.8, 4) is 0 Å². The first-order valence-corrected chi connectivity index (χ1v) is 11.3. The highest BCUT2D eigenvalue weighted by molar-refractivity contribution is 9.10. The van der Waals surface area contributed by atoms with Crippen molar-refractivity contribution in [1.29, 1.82) is 5.41 Å². The summed E-state index contributed by atoms with van der Waals surface area (Å²) in [6, 6.07) is 12.0. The molecule has 1 saturated heterocycles. The normalized spacial score (nSPS) is 20.8. The SMILES string of the molecule is CN1C(=N)NC(C)(c2cccc(NC(=O)c3nc4cc(Br)ccc4o3)c2)CS1(=O)=O. The number of carbonyl (C=O) groups excluding carboxylic acids is 1. The highest BCUT2D eigenvalue weighted by Gasteiger charge is 2.41. The van der Waals surface area contributed by atoms with Crippen molar-refractivity contribution in [2.75, 3.05) is 18.1 Å². The lowest BCUT2D eigenvalue weighted by Gasteiger charge is -2.40. The largest absolute Gasteiger partial charge is 0.432 e. The standard InChI is InChI=1S/C19H18BrN5O4S/c1-19(10-30(27,28)25(2)18(21)24-19)11-4-3-5-13(8-11)22-16(26)17-23-14-9-12(20)6-7-15(14)29-17/h3-9H,10H2,1-2H3,(H2,21,24)(H,22,26). The molecule has 1 aliphatic rings. The minimum atomic E-state index is -3.63. The number of nitrogens with zero attached hydrogens (tertiary/aromatic N) is 2. The summed E-state index contributed by atoms with van der Waals surface area (Å²) in [4.78, 5) is 16.8. The van der Waals surface area contributed by atoms with Crippen LogP contribution in [0.1, 0.15) is 23.2 Å². The molecule has 0 bridgehead atoms. The number of hydrogen-bond donors (Lipinski definition) is 3. The summed E-state index contributed by atoms with van der Waals surface area (Å²) in [5.41, 5.74) is 1.08. The van der Waals surface area contributed by atoms with Crippen LogP contribution >= 0.6 is 15.9 Å². The molecule has 0 saturated carbocycles. The molecule has 0 radical (unpaired) electrons. The summed E-state index contributed by atoms with van der Waals surface area (Å²) in [6.45, 7) is 1.70. The van der Waals surface area contributed by atoms with Gasteiger partial charge in [-0.3, -0.25) is 10.2 Å². The molecule has 3 aromatic rings. The number of carbonyl (C=O) groups is 1. The van der Waals surface area contributed by atoms with Gasteiger partial charge in [-0.15, -0.1) is 0 Å². The highest BCUT2D eigenvalue weighted by atomic mass is 79.9. The van der Waals surface area contributed by atoms with Crippen LogP contribution in [0.2, 0.25) is 0 Å². The van der Waals surface area contributed by atoms with Crippen LogP contribution in [0.3, 0.4) is 0 Å². The first-order chi connectivity index (χ1) is 14.1. The number of halogens is 1. The fourth-order valence-corrected chi connectivity index (χ4v) is 5.09. The Labute approximate surface area is 181 Å². The van der Waals surface area contributed by atoms with Gasteiger partial charge in [-0.25, -0.2) is 17.7 Å². The Morgan fingerprint density at radius 2 is 2.10 bits per heavy atom. The van der Waals surface area contributed by atoms with Crippen molar-refractivity contribution in [3.05, 3.63) is 58.4 Å². The van der Waals surface area contributed by atoms with E-state index in [0.717, 1.165) is 8.78 Å². The maximum absolute atomic E-state index is 12.6. The minimum Gasteiger partial charge on any atom is -0.432 e. The van der Waals surface area contributed by atoms with E-state index in [9.17, 15) is 13.2 Å². The number of oxazole rings is 1. The van der Waals surface area contributed by atoms with E-state index in [4.69, 9.17) is 9.83 Å². The number of amides is 1. The van der Waals surface area contributed by atoms with Crippen LogP contribution < -0.4 is 10.6 Å². The van der Waals surface area contributed by atoms with Crippen LogP contribution in [-0.4, -0.2) is 42.4 Å². The van der Waals surface area contributed by atoms with Crippen LogP contribution in [0.4, 0.5) is 5.69 Å². The number of aromatic nitrogens is 1. The van der Waals surface area contributed by atoms with Gasteiger partial charge >= 0.3 is 5.91 Å². The van der Waals surface area contributed by atoms with E-state index in [-0.39, 0.29) is 17.6 Å². The average molecular weight is 492 g/mol. The lowest BCUT2D eigenvalue weighted by molar-refractivity contribution is 0.0992. The maximum atomic E-state index is 12.6. The molecule has 4 rings (SSSR count). The number of rotatable bonds is 3. The molecule has 3 N–H and O–H groups in total. The molecule has 1 amide bonds. The highest BCUT2D eigenvalue weighted by Crippen LogP contribution is 2.29. The van der Waals surface area contributed by atoms with Gasteiger partial charge in [0.25, 0.3) is 5.89 Å². The van der Waals surface area contributed by atoms with Gasteiger partial charge in [0.2, 0.25) is 16.0 Å². The summed E-state index contributed by atoms with van der Waals surface area (Å²) in [5, 5.41) is 13.6. The van der Waals surface area contributed by atoms with Crippen LogP contribution in [0.25, 0.3) is 11.1 Å². The second-order valence-corrected chi connectivity index (χ2v) is 10.1. The molecule has 156 valence electrons. The molecule has 9 nitrogen and oxygen atoms in total. The molecule has 2 aromatic carbocycles. The van der Waals surface area contributed by atoms with E-state index in [1.807, 2.05) is 0 Å². The van der Waals surface area contributed by atoms with Crippen molar-refractivity contribution >= 4 is 54.6 Å². The Balaban J connectivity index is 1.60. The Bertz CT molecular complexity index is 1290. The van der Waals surface area contributed by atoms with E-state index < -0.39 is 21.5 Å². The minimum absolute atomic E-state index is 0.0820. The molecular weight excluding hydrogens is 474 g/mol. The van der Waals surface area contributed by atoms with E-state index in [2.05, 4.69) is 31.5 Å². The number of sulfonamides is 1. The van der Waals surface area contributed by atoms with Gasteiger partial charge in [0.05, 0.1) is 11.3 Å². The summed E-state index contributed by atoms with van der Waals surface area (Å²) >= 11 is 3.35. The number of anilines is 1. The number of fused-ring (bicyclic) bond motifs is 1. The maximum Gasteiger partial charge on any atom is 0.311 e. The lowest BCUT2D eigenvalue weighted by atomic mass is 9.93. The first-order valence-electron chi connectivity index (χ1n) is 8.89. The predicted octanol–water partition coefficient (Wildman–Crippen LogP) is 2.86.